The van der Waals surface area contributed by atoms with E-state index in [1.165, 1.54) is 7.11 Å². The minimum atomic E-state index is -1.00. The summed E-state index contributed by atoms with van der Waals surface area (Å²) in [5, 5.41) is 12.9. The van der Waals surface area contributed by atoms with Crippen LogP contribution in [-0.4, -0.2) is 42.1 Å². The van der Waals surface area contributed by atoms with Crippen LogP contribution in [0.5, 0.6) is 0 Å². The maximum absolute atomic E-state index is 11.6. The molecular formula is C13H22N2O6. The van der Waals surface area contributed by atoms with E-state index in [2.05, 4.69) is 10.1 Å². The number of nitrogens with one attached hydrogen (secondary N) is 2. The summed E-state index contributed by atoms with van der Waals surface area (Å²) in [7, 11) is 1.21. The zero-order chi connectivity index (χ0) is 16.4. The predicted molar refractivity (Wildman–Crippen MR) is 73.4 cm³/mol. The molecule has 3 amide bonds. The van der Waals surface area contributed by atoms with E-state index >= 15 is 0 Å². The number of urea groups is 1. The highest BCUT2D eigenvalue weighted by Gasteiger charge is 2.23. The van der Waals surface area contributed by atoms with Crippen molar-refractivity contribution in [2.45, 2.75) is 45.6 Å². The molecule has 0 spiro atoms. The number of hydrogen-bond acceptors (Lipinski definition) is 5. The molecule has 0 heterocycles. The van der Waals surface area contributed by atoms with E-state index in [4.69, 9.17) is 5.11 Å². The van der Waals surface area contributed by atoms with Crippen LogP contribution in [0.3, 0.4) is 0 Å². The van der Waals surface area contributed by atoms with Crippen molar-refractivity contribution in [1.29, 1.82) is 0 Å². The fourth-order valence-corrected chi connectivity index (χ4v) is 1.61. The highest BCUT2D eigenvalue weighted by molar-refractivity contribution is 5.96. The number of aliphatic carboxylic acids is 1. The summed E-state index contributed by atoms with van der Waals surface area (Å²) in [6.07, 6.45) is 0.300. The van der Waals surface area contributed by atoms with E-state index in [1.807, 2.05) is 19.2 Å². The summed E-state index contributed by atoms with van der Waals surface area (Å²) in [6, 6.07) is -1.63. The molecule has 0 aromatic heterocycles. The Hall–Kier alpha value is -2.12. The average Bonchev–Trinajstić information content (AvgIpc) is 2.35. The van der Waals surface area contributed by atoms with Crippen molar-refractivity contribution in [3.05, 3.63) is 0 Å². The van der Waals surface area contributed by atoms with Crippen molar-refractivity contribution in [2.75, 3.05) is 7.11 Å². The molecule has 3 N–H and O–H groups in total. The number of ether oxygens (including phenoxy) is 1. The standard InChI is InChI=1S/C13H22N2O6/c1-8(2)7-9(12(19)21-3)14-13(20)15-10(16)5-4-6-11(17)18/h8-9H,4-7H2,1-3H3,(H,17,18)(H2,14,15,16,20). The fourth-order valence-electron chi connectivity index (χ4n) is 1.61. The molecular weight excluding hydrogens is 280 g/mol. The number of hydrogen-bond donors (Lipinski definition) is 3. The third kappa shape index (κ3) is 9.42. The maximum Gasteiger partial charge on any atom is 0.328 e. The summed E-state index contributed by atoms with van der Waals surface area (Å²) in [5.74, 6) is -2.03. The van der Waals surface area contributed by atoms with Crippen LogP contribution in [0.2, 0.25) is 0 Å². The largest absolute Gasteiger partial charge is 0.481 e. The van der Waals surface area contributed by atoms with E-state index in [0.29, 0.717) is 6.42 Å². The van der Waals surface area contributed by atoms with Gasteiger partial charge in [-0.15, -0.1) is 0 Å². The molecule has 0 fully saturated rings. The normalized spacial score (nSPS) is 11.6. The topological polar surface area (TPSA) is 122 Å². The maximum atomic E-state index is 11.6. The van der Waals surface area contributed by atoms with E-state index < -0.39 is 29.9 Å². The van der Waals surface area contributed by atoms with Crippen LogP contribution in [0.25, 0.3) is 0 Å². The SMILES string of the molecule is COC(=O)C(CC(C)C)NC(=O)NC(=O)CCCC(=O)O. The second-order valence-corrected chi connectivity index (χ2v) is 4.97. The van der Waals surface area contributed by atoms with Crippen molar-refractivity contribution in [1.82, 2.24) is 10.6 Å². The van der Waals surface area contributed by atoms with Gasteiger partial charge in [-0.05, 0) is 18.8 Å². The van der Waals surface area contributed by atoms with Crippen LogP contribution < -0.4 is 10.6 Å². The smallest absolute Gasteiger partial charge is 0.328 e. The molecule has 1 atom stereocenters. The van der Waals surface area contributed by atoms with E-state index in [9.17, 15) is 19.2 Å². The van der Waals surface area contributed by atoms with Gasteiger partial charge in [0.15, 0.2) is 0 Å². The molecule has 0 bridgehead atoms. The fraction of sp³-hybridized carbons (Fsp3) is 0.692. The van der Waals surface area contributed by atoms with Gasteiger partial charge in [0.1, 0.15) is 6.04 Å². The summed E-state index contributed by atoms with van der Waals surface area (Å²) >= 11 is 0. The molecule has 0 aliphatic rings. The van der Waals surface area contributed by atoms with Gasteiger partial charge < -0.3 is 15.2 Å². The molecule has 0 aromatic carbocycles. The minimum Gasteiger partial charge on any atom is -0.481 e. The molecule has 0 rings (SSSR count). The molecule has 120 valence electrons. The number of imide groups is 1. The monoisotopic (exact) mass is 302 g/mol. The summed E-state index contributed by atoms with van der Waals surface area (Å²) in [4.78, 5) is 44.8. The Morgan fingerprint density at radius 1 is 1.14 bits per heavy atom. The lowest BCUT2D eigenvalue weighted by molar-refractivity contribution is -0.143. The molecule has 8 heteroatoms. The summed E-state index contributed by atoms with van der Waals surface area (Å²) in [5.41, 5.74) is 0. The molecule has 0 aliphatic heterocycles. The summed E-state index contributed by atoms with van der Waals surface area (Å²) in [6.45, 7) is 3.76. The van der Waals surface area contributed by atoms with Gasteiger partial charge in [0, 0.05) is 12.8 Å². The predicted octanol–water partition coefficient (Wildman–Crippen LogP) is 0.655. The number of esters is 1. The lowest BCUT2D eigenvalue weighted by atomic mass is 10.0. The Balaban J connectivity index is 4.27. The molecule has 1 unspecified atom stereocenters. The number of carboxylic acids is 1. The van der Waals surface area contributed by atoms with E-state index in [-0.39, 0.29) is 25.2 Å². The van der Waals surface area contributed by atoms with Crippen LogP contribution >= 0.6 is 0 Å². The van der Waals surface area contributed by atoms with Crippen molar-refractivity contribution >= 4 is 23.9 Å². The Bertz CT molecular complexity index is 394. The zero-order valence-electron chi connectivity index (χ0n) is 12.5. The quantitative estimate of drug-likeness (QED) is 0.566. The van der Waals surface area contributed by atoms with Gasteiger partial charge >= 0.3 is 18.0 Å². The first-order chi connectivity index (χ1) is 9.76. The first-order valence-corrected chi connectivity index (χ1v) is 6.66. The van der Waals surface area contributed by atoms with Gasteiger partial charge in [-0.2, -0.15) is 0 Å². The zero-order valence-corrected chi connectivity index (χ0v) is 12.5. The summed E-state index contributed by atoms with van der Waals surface area (Å²) < 4.78 is 4.58. The van der Waals surface area contributed by atoms with Gasteiger partial charge in [-0.25, -0.2) is 9.59 Å². The molecule has 21 heavy (non-hydrogen) atoms. The van der Waals surface area contributed by atoms with Crippen LogP contribution in [0, 0.1) is 5.92 Å². The average molecular weight is 302 g/mol. The number of amides is 3. The number of carboxylic acid groups (broad SMARTS) is 1. The second-order valence-electron chi connectivity index (χ2n) is 4.97. The Labute approximate surface area is 123 Å². The van der Waals surface area contributed by atoms with Gasteiger partial charge in [0.2, 0.25) is 5.91 Å². The molecule has 0 aromatic rings. The van der Waals surface area contributed by atoms with Crippen molar-refractivity contribution in [2.24, 2.45) is 5.92 Å². The molecule has 0 aliphatic carbocycles. The lowest BCUT2D eigenvalue weighted by Crippen LogP contribution is -2.48. The number of rotatable bonds is 8. The van der Waals surface area contributed by atoms with Crippen molar-refractivity contribution < 1.29 is 29.0 Å². The molecule has 0 saturated carbocycles. The number of carbonyl (C=O) groups excluding carboxylic acids is 3. The van der Waals surface area contributed by atoms with Crippen LogP contribution in [0.4, 0.5) is 4.79 Å². The van der Waals surface area contributed by atoms with Gasteiger partial charge in [0.05, 0.1) is 7.11 Å². The van der Waals surface area contributed by atoms with E-state index in [1.54, 1.807) is 0 Å². The highest BCUT2D eigenvalue weighted by Crippen LogP contribution is 2.06. The first kappa shape index (κ1) is 18.9. The van der Waals surface area contributed by atoms with Crippen molar-refractivity contribution in [3.8, 4) is 0 Å². The first-order valence-electron chi connectivity index (χ1n) is 6.66. The third-order valence-corrected chi connectivity index (χ3v) is 2.55. The Kier molecular flexibility index (Phi) is 8.75. The highest BCUT2D eigenvalue weighted by atomic mass is 16.5. The minimum absolute atomic E-state index is 0.0766. The number of methoxy groups -OCH3 is 1. The second kappa shape index (κ2) is 9.73. The Morgan fingerprint density at radius 3 is 2.24 bits per heavy atom. The Morgan fingerprint density at radius 2 is 1.76 bits per heavy atom. The molecule has 0 radical (unpaired) electrons. The molecule has 8 nitrogen and oxygen atoms in total. The molecule has 0 saturated heterocycles. The number of carbonyl (C=O) groups is 4. The van der Waals surface area contributed by atoms with Crippen LogP contribution in [-0.2, 0) is 19.1 Å². The van der Waals surface area contributed by atoms with Gasteiger partial charge in [-0.3, -0.25) is 14.9 Å². The lowest BCUT2D eigenvalue weighted by Gasteiger charge is -2.18. The van der Waals surface area contributed by atoms with Crippen LogP contribution in [0.15, 0.2) is 0 Å². The van der Waals surface area contributed by atoms with Gasteiger partial charge in [0.25, 0.3) is 0 Å². The third-order valence-electron chi connectivity index (χ3n) is 2.55. The van der Waals surface area contributed by atoms with E-state index in [0.717, 1.165) is 0 Å². The van der Waals surface area contributed by atoms with Crippen molar-refractivity contribution in [3.63, 3.8) is 0 Å². The van der Waals surface area contributed by atoms with Crippen LogP contribution in [0.1, 0.15) is 39.5 Å². The van der Waals surface area contributed by atoms with Gasteiger partial charge in [-0.1, -0.05) is 13.8 Å².